The molecule has 0 fully saturated rings. The van der Waals surface area contributed by atoms with Crippen molar-refractivity contribution >= 4 is 5.96 Å². The number of hydrogen-bond acceptors (Lipinski definition) is 4. The van der Waals surface area contributed by atoms with E-state index in [-0.39, 0.29) is 0 Å². The number of ether oxygens (including phenoxy) is 1. The average molecular weight is 358 g/mol. The van der Waals surface area contributed by atoms with Crippen LogP contribution in [0.25, 0.3) is 5.69 Å². The number of hydrogen-bond donors (Lipinski definition) is 2. The lowest BCUT2D eigenvalue weighted by Gasteiger charge is -2.18. The van der Waals surface area contributed by atoms with Gasteiger partial charge in [-0.1, -0.05) is 18.2 Å². The number of nitrogens with one attached hydrogen (secondary N) is 2. The van der Waals surface area contributed by atoms with Gasteiger partial charge in [-0.3, -0.25) is 4.99 Å². The number of imidazole rings is 1. The van der Waals surface area contributed by atoms with Crippen molar-refractivity contribution in [3.63, 3.8) is 0 Å². The second kappa shape index (κ2) is 11.3. The third kappa shape index (κ3) is 6.50. The molecule has 0 atom stereocenters. The van der Waals surface area contributed by atoms with Gasteiger partial charge >= 0.3 is 0 Å². The maximum atomic E-state index is 5.09. The third-order valence-electron chi connectivity index (χ3n) is 4.12. The zero-order valence-electron chi connectivity index (χ0n) is 16.0. The van der Waals surface area contributed by atoms with Crippen molar-refractivity contribution in [2.75, 3.05) is 47.4 Å². The van der Waals surface area contributed by atoms with Crippen molar-refractivity contribution in [3.8, 4) is 5.69 Å². The molecule has 0 saturated carbocycles. The third-order valence-corrected chi connectivity index (χ3v) is 4.12. The molecule has 1 aromatic heterocycles. The summed E-state index contributed by atoms with van der Waals surface area (Å²) >= 11 is 0. The highest BCUT2D eigenvalue weighted by atomic mass is 16.5. The number of aliphatic imine (C=N–C) groups is 1. The molecule has 0 spiro atoms. The molecule has 2 aromatic rings. The highest BCUT2D eigenvalue weighted by Crippen LogP contribution is 2.13. The molecule has 0 bridgehead atoms. The fourth-order valence-corrected chi connectivity index (χ4v) is 2.67. The number of benzene rings is 1. The highest BCUT2D eigenvalue weighted by molar-refractivity contribution is 5.79. The van der Waals surface area contributed by atoms with Crippen molar-refractivity contribution in [2.45, 2.75) is 13.0 Å². The summed E-state index contributed by atoms with van der Waals surface area (Å²) in [7, 11) is 5.65. The fourth-order valence-electron chi connectivity index (χ4n) is 2.67. The minimum absolute atomic E-state index is 0.692. The van der Waals surface area contributed by atoms with Crippen LogP contribution in [0.1, 0.15) is 12.0 Å². The zero-order chi connectivity index (χ0) is 18.6. The minimum Gasteiger partial charge on any atom is -0.385 e. The van der Waals surface area contributed by atoms with Crippen LogP contribution in [0.4, 0.5) is 0 Å². The van der Waals surface area contributed by atoms with Crippen LogP contribution < -0.4 is 10.6 Å². The predicted molar refractivity (Wildman–Crippen MR) is 106 cm³/mol. The maximum Gasteiger partial charge on any atom is 0.191 e. The van der Waals surface area contributed by atoms with E-state index in [1.165, 1.54) is 5.56 Å². The molecule has 0 aliphatic carbocycles. The normalized spacial score (nSPS) is 11.8. The smallest absolute Gasteiger partial charge is 0.191 e. The standard InChI is InChI=1S/C19H30N6O/c1-20-19(22-10-12-24(2)11-6-14-26-3)23-15-17-7-4-5-8-18(17)25-13-9-21-16-25/h4-5,7-9,13,16H,6,10-12,14-15H2,1-3H3,(H2,20,22,23). The first-order valence-electron chi connectivity index (χ1n) is 8.93. The van der Waals surface area contributed by atoms with E-state index in [4.69, 9.17) is 4.74 Å². The molecule has 0 amide bonds. The van der Waals surface area contributed by atoms with Gasteiger partial charge in [0.1, 0.15) is 0 Å². The zero-order valence-corrected chi connectivity index (χ0v) is 16.0. The number of methoxy groups -OCH3 is 1. The molecule has 0 radical (unpaired) electrons. The van der Waals surface area contributed by atoms with Crippen LogP contribution in [0.3, 0.4) is 0 Å². The van der Waals surface area contributed by atoms with Crippen molar-refractivity contribution in [1.29, 1.82) is 0 Å². The summed E-state index contributed by atoms with van der Waals surface area (Å²) in [6, 6.07) is 8.27. The number of rotatable bonds is 10. The Bertz CT molecular complexity index is 656. The Hall–Kier alpha value is -2.38. The maximum absolute atomic E-state index is 5.09. The second-order valence-corrected chi connectivity index (χ2v) is 6.10. The molecule has 0 unspecified atom stereocenters. The van der Waals surface area contributed by atoms with E-state index in [1.807, 2.05) is 29.2 Å². The topological polar surface area (TPSA) is 66.7 Å². The van der Waals surface area contributed by atoms with E-state index in [9.17, 15) is 0 Å². The van der Waals surface area contributed by atoms with Crippen LogP contribution in [0.15, 0.2) is 48.0 Å². The summed E-state index contributed by atoms with van der Waals surface area (Å²) in [6.45, 7) is 4.32. The number of likely N-dealkylation sites (N-methyl/N-ethyl adjacent to an activating group) is 1. The van der Waals surface area contributed by atoms with E-state index in [0.717, 1.165) is 44.3 Å². The second-order valence-electron chi connectivity index (χ2n) is 6.10. The predicted octanol–water partition coefficient (Wildman–Crippen LogP) is 1.51. The van der Waals surface area contributed by atoms with Crippen LogP contribution >= 0.6 is 0 Å². The van der Waals surface area contributed by atoms with Crippen LogP contribution in [0.5, 0.6) is 0 Å². The van der Waals surface area contributed by atoms with Gasteiger partial charge in [-0.25, -0.2) is 4.98 Å². The molecular formula is C19H30N6O. The molecule has 26 heavy (non-hydrogen) atoms. The number of guanidine groups is 1. The SMILES string of the molecule is CN=C(NCCN(C)CCCOC)NCc1ccccc1-n1ccnc1. The van der Waals surface area contributed by atoms with Gasteiger partial charge in [0.05, 0.1) is 12.0 Å². The van der Waals surface area contributed by atoms with Crippen LogP contribution in [0, 0.1) is 0 Å². The monoisotopic (exact) mass is 358 g/mol. The van der Waals surface area contributed by atoms with Crippen LogP contribution in [0.2, 0.25) is 0 Å². The van der Waals surface area contributed by atoms with Gasteiger partial charge < -0.3 is 24.8 Å². The van der Waals surface area contributed by atoms with Crippen LogP contribution in [-0.4, -0.2) is 67.9 Å². The lowest BCUT2D eigenvalue weighted by atomic mass is 10.1. The summed E-state index contributed by atoms with van der Waals surface area (Å²) in [5.41, 5.74) is 2.30. The Balaban J connectivity index is 1.79. The molecule has 7 nitrogen and oxygen atoms in total. The lowest BCUT2D eigenvalue weighted by Crippen LogP contribution is -2.40. The molecule has 142 valence electrons. The van der Waals surface area contributed by atoms with Gasteiger partial charge in [0.2, 0.25) is 0 Å². The minimum atomic E-state index is 0.692. The molecular weight excluding hydrogens is 328 g/mol. The molecule has 1 heterocycles. The lowest BCUT2D eigenvalue weighted by molar-refractivity contribution is 0.180. The van der Waals surface area contributed by atoms with E-state index in [0.29, 0.717) is 6.54 Å². The van der Waals surface area contributed by atoms with Crippen molar-refractivity contribution in [2.24, 2.45) is 4.99 Å². The van der Waals surface area contributed by atoms with Gasteiger partial charge in [0, 0.05) is 59.3 Å². The van der Waals surface area contributed by atoms with Gasteiger partial charge in [0.25, 0.3) is 0 Å². The first-order valence-corrected chi connectivity index (χ1v) is 8.93. The largest absolute Gasteiger partial charge is 0.385 e. The van der Waals surface area contributed by atoms with Gasteiger partial charge in [0.15, 0.2) is 5.96 Å². The summed E-state index contributed by atoms with van der Waals surface area (Å²) in [6.07, 6.45) is 6.59. The molecule has 7 heteroatoms. The van der Waals surface area contributed by atoms with E-state index < -0.39 is 0 Å². The highest BCUT2D eigenvalue weighted by Gasteiger charge is 2.05. The van der Waals surface area contributed by atoms with Gasteiger partial charge in [-0.2, -0.15) is 0 Å². The molecule has 2 N–H and O–H groups in total. The Morgan fingerprint density at radius 3 is 2.85 bits per heavy atom. The van der Waals surface area contributed by atoms with E-state index in [2.05, 4.69) is 44.7 Å². The van der Waals surface area contributed by atoms with E-state index >= 15 is 0 Å². The quantitative estimate of drug-likeness (QED) is 0.383. The molecule has 0 aliphatic heterocycles. The average Bonchev–Trinajstić information content (AvgIpc) is 3.19. The Kier molecular flexibility index (Phi) is 8.65. The van der Waals surface area contributed by atoms with Crippen molar-refractivity contribution < 1.29 is 4.74 Å². The Labute approximate surface area is 156 Å². The molecule has 0 saturated heterocycles. The number of para-hydroxylation sites is 1. The first-order chi connectivity index (χ1) is 12.7. The Morgan fingerprint density at radius 1 is 1.27 bits per heavy atom. The van der Waals surface area contributed by atoms with E-state index in [1.54, 1.807) is 20.4 Å². The molecule has 0 aliphatic rings. The van der Waals surface area contributed by atoms with Gasteiger partial charge in [-0.05, 0) is 25.1 Å². The van der Waals surface area contributed by atoms with Crippen molar-refractivity contribution in [1.82, 2.24) is 25.1 Å². The number of aromatic nitrogens is 2. The fraction of sp³-hybridized carbons (Fsp3) is 0.474. The first kappa shape index (κ1) is 19.9. The summed E-state index contributed by atoms with van der Waals surface area (Å²) in [5.74, 6) is 0.802. The van der Waals surface area contributed by atoms with Gasteiger partial charge in [-0.15, -0.1) is 0 Å². The summed E-state index contributed by atoms with van der Waals surface area (Å²) < 4.78 is 7.10. The summed E-state index contributed by atoms with van der Waals surface area (Å²) in [5, 5.41) is 6.74. The Morgan fingerprint density at radius 2 is 2.12 bits per heavy atom. The van der Waals surface area contributed by atoms with Crippen LogP contribution in [-0.2, 0) is 11.3 Å². The number of nitrogens with zero attached hydrogens (tertiary/aromatic N) is 4. The molecule has 2 rings (SSSR count). The molecule has 1 aromatic carbocycles. The summed E-state index contributed by atoms with van der Waals surface area (Å²) in [4.78, 5) is 10.7. The van der Waals surface area contributed by atoms with Crippen molar-refractivity contribution in [3.05, 3.63) is 48.5 Å².